The van der Waals surface area contributed by atoms with Crippen LogP contribution in [-0.2, 0) is 20.0 Å². The van der Waals surface area contributed by atoms with E-state index in [0.717, 1.165) is 6.07 Å². The van der Waals surface area contributed by atoms with Crippen molar-refractivity contribution < 1.29 is 35.5 Å². The number of amides is 1. The molecule has 0 aliphatic carbocycles. The van der Waals surface area contributed by atoms with Crippen molar-refractivity contribution in [3.8, 4) is 5.75 Å². The van der Waals surface area contributed by atoms with Crippen molar-refractivity contribution in [3.05, 3.63) is 23.3 Å². The summed E-state index contributed by atoms with van der Waals surface area (Å²) >= 11 is 0. The highest BCUT2D eigenvalue weighted by Crippen LogP contribution is 2.33. The minimum absolute atomic E-state index is 0.0220. The molecule has 32 heavy (non-hydrogen) atoms. The summed E-state index contributed by atoms with van der Waals surface area (Å²) in [4.78, 5) is 28.3. The van der Waals surface area contributed by atoms with Crippen LogP contribution in [0.3, 0.4) is 0 Å². The second-order valence-corrected chi connectivity index (χ2v) is 10.5. The maximum atomic E-state index is 13.3. The summed E-state index contributed by atoms with van der Waals surface area (Å²) in [6.45, 7) is 13.5. The largest absolute Gasteiger partial charge is 0.488 e. The minimum Gasteiger partial charge on any atom is -0.456 e. The van der Waals surface area contributed by atoms with Gasteiger partial charge in [0.1, 0.15) is 11.2 Å². The summed E-state index contributed by atoms with van der Waals surface area (Å²) < 4.78 is 50.7. The lowest BCUT2D eigenvalue weighted by molar-refractivity contribution is 0.00686. The van der Waals surface area contributed by atoms with Crippen LogP contribution in [0.5, 0.6) is 5.75 Å². The fourth-order valence-electron chi connectivity index (χ4n) is 3.11. The van der Waals surface area contributed by atoms with E-state index in [-0.39, 0.29) is 11.3 Å². The van der Waals surface area contributed by atoms with Gasteiger partial charge in [-0.1, -0.05) is 3.89 Å². The Kier molecular flexibility index (Phi) is 7.33. The Balaban J connectivity index is 2.32. The van der Waals surface area contributed by atoms with E-state index in [4.69, 9.17) is 9.47 Å². The standard InChI is InChI=1S/C21H31FN2O7S/c1-14-16(23-8-10-24(11-9-23)19(26)30-21(5,6)7)12-15(18(25)29-20(2,3)4)13-17(14)31-32(22,27)28/h12-13H,8-11H2,1-7H3. The third-order valence-corrected chi connectivity index (χ3v) is 4.81. The Morgan fingerprint density at radius 2 is 1.47 bits per heavy atom. The van der Waals surface area contributed by atoms with Crippen molar-refractivity contribution in [1.82, 2.24) is 4.90 Å². The minimum atomic E-state index is -5.30. The van der Waals surface area contributed by atoms with Crippen molar-refractivity contribution in [2.24, 2.45) is 0 Å². The van der Waals surface area contributed by atoms with Crippen LogP contribution in [0, 0.1) is 6.92 Å². The van der Waals surface area contributed by atoms with E-state index in [2.05, 4.69) is 4.18 Å². The molecule has 0 N–H and O–H groups in total. The molecule has 1 aromatic rings. The maximum absolute atomic E-state index is 13.3. The van der Waals surface area contributed by atoms with E-state index in [0.29, 0.717) is 37.4 Å². The normalized spacial score (nSPS) is 15.4. The molecule has 0 bridgehead atoms. The van der Waals surface area contributed by atoms with Gasteiger partial charge in [-0.15, -0.1) is 0 Å². The lowest BCUT2D eigenvalue weighted by atomic mass is 10.1. The highest BCUT2D eigenvalue weighted by Gasteiger charge is 2.29. The van der Waals surface area contributed by atoms with Crippen LogP contribution in [0.4, 0.5) is 14.4 Å². The van der Waals surface area contributed by atoms with Gasteiger partial charge in [0, 0.05) is 37.4 Å². The molecule has 0 spiro atoms. The van der Waals surface area contributed by atoms with Crippen LogP contribution in [-0.4, -0.2) is 62.8 Å². The molecule has 1 saturated heterocycles. The zero-order valence-electron chi connectivity index (χ0n) is 19.5. The van der Waals surface area contributed by atoms with E-state index in [1.807, 2.05) is 4.90 Å². The summed E-state index contributed by atoms with van der Waals surface area (Å²) in [6.07, 6.45) is -0.427. The molecule has 2 rings (SSSR count). The topological polar surface area (TPSA) is 102 Å². The van der Waals surface area contributed by atoms with Gasteiger partial charge in [-0.05, 0) is 60.6 Å². The molecule has 1 aliphatic heterocycles. The lowest BCUT2D eigenvalue weighted by Crippen LogP contribution is -2.50. The lowest BCUT2D eigenvalue weighted by Gasteiger charge is -2.37. The molecule has 0 radical (unpaired) electrons. The van der Waals surface area contributed by atoms with Gasteiger partial charge in [0.15, 0.2) is 5.75 Å². The van der Waals surface area contributed by atoms with Gasteiger partial charge in [-0.25, -0.2) is 9.59 Å². The molecule has 180 valence electrons. The van der Waals surface area contributed by atoms with Gasteiger partial charge in [0.25, 0.3) is 0 Å². The van der Waals surface area contributed by atoms with Gasteiger partial charge in [-0.3, -0.25) is 0 Å². The smallest absolute Gasteiger partial charge is 0.456 e. The number of benzene rings is 1. The predicted molar refractivity (Wildman–Crippen MR) is 117 cm³/mol. The Hall–Kier alpha value is -2.56. The van der Waals surface area contributed by atoms with E-state index in [9.17, 15) is 21.9 Å². The molecule has 0 saturated carbocycles. The molecule has 0 unspecified atom stereocenters. The fourth-order valence-corrected chi connectivity index (χ4v) is 3.49. The summed E-state index contributed by atoms with van der Waals surface area (Å²) in [5.41, 5.74) is -0.556. The number of hydrogen-bond acceptors (Lipinski definition) is 8. The Bertz CT molecular complexity index is 973. The second kappa shape index (κ2) is 9.13. The third-order valence-electron chi connectivity index (χ3n) is 4.43. The van der Waals surface area contributed by atoms with E-state index < -0.39 is 33.8 Å². The molecule has 9 nitrogen and oxygen atoms in total. The van der Waals surface area contributed by atoms with Crippen molar-refractivity contribution >= 4 is 28.3 Å². The van der Waals surface area contributed by atoms with Crippen LogP contribution in [0.2, 0.25) is 0 Å². The maximum Gasteiger partial charge on any atom is 0.488 e. The SMILES string of the molecule is Cc1c(OS(=O)(=O)F)cc(C(=O)OC(C)(C)C)cc1N1CCN(C(=O)OC(C)(C)C)CC1. The first-order valence-electron chi connectivity index (χ1n) is 10.2. The molecule has 1 aromatic carbocycles. The molecular formula is C21H31FN2O7S. The number of anilines is 1. The Morgan fingerprint density at radius 1 is 0.938 bits per heavy atom. The van der Waals surface area contributed by atoms with Crippen LogP contribution in [0.15, 0.2) is 12.1 Å². The number of esters is 1. The van der Waals surface area contributed by atoms with E-state index in [1.165, 1.54) is 0 Å². The summed E-state index contributed by atoms with van der Waals surface area (Å²) in [6, 6.07) is 2.69. The molecule has 1 amide bonds. The van der Waals surface area contributed by atoms with Crippen LogP contribution >= 0.6 is 0 Å². The number of halogens is 1. The number of rotatable bonds is 4. The second-order valence-electron chi connectivity index (χ2n) is 9.55. The number of carbonyl (C=O) groups is 2. The first-order chi connectivity index (χ1) is 14.5. The highest BCUT2D eigenvalue weighted by molar-refractivity contribution is 7.81. The van der Waals surface area contributed by atoms with Gasteiger partial charge in [-0.2, -0.15) is 8.42 Å². The van der Waals surface area contributed by atoms with Crippen molar-refractivity contribution in [2.45, 2.75) is 59.7 Å². The third kappa shape index (κ3) is 7.54. The molecule has 0 aromatic heterocycles. The van der Waals surface area contributed by atoms with Gasteiger partial charge in [0.05, 0.1) is 5.56 Å². The van der Waals surface area contributed by atoms with Gasteiger partial charge < -0.3 is 23.5 Å². The van der Waals surface area contributed by atoms with Crippen molar-refractivity contribution in [3.63, 3.8) is 0 Å². The monoisotopic (exact) mass is 474 g/mol. The molecule has 1 aliphatic rings. The molecule has 0 atom stereocenters. The quantitative estimate of drug-likeness (QED) is 0.482. The number of hydrogen-bond donors (Lipinski definition) is 0. The van der Waals surface area contributed by atoms with Gasteiger partial charge in [0.2, 0.25) is 0 Å². The number of carbonyl (C=O) groups excluding carboxylic acids is 2. The Morgan fingerprint density at radius 3 is 1.94 bits per heavy atom. The van der Waals surface area contributed by atoms with Crippen LogP contribution < -0.4 is 9.08 Å². The number of ether oxygens (including phenoxy) is 2. The van der Waals surface area contributed by atoms with Crippen molar-refractivity contribution in [2.75, 3.05) is 31.1 Å². The van der Waals surface area contributed by atoms with E-state index >= 15 is 0 Å². The molecule has 1 fully saturated rings. The number of nitrogens with zero attached hydrogens (tertiary/aromatic N) is 2. The highest BCUT2D eigenvalue weighted by atomic mass is 32.3. The first kappa shape index (κ1) is 25.7. The van der Waals surface area contributed by atoms with Crippen molar-refractivity contribution in [1.29, 1.82) is 0 Å². The van der Waals surface area contributed by atoms with Crippen LogP contribution in [0.1, 0.15) is 57.5 Å². The molecule has 1 heterocycles. The molecule has 11 heteroatoms. The predicted octanol–water partition coefficient (Wildman–Crippen LogP) is 3.60. The zero-order chi connectivity index (χ0) is 24.5. The summed E-state index contributed by atoms with van der Waals surface area (Å²) in [5.74, 6) is -1.01. The first-order valence-corrected chi connectivity index (χ1v) is 11.5. The average Bonchev–Trinajstić information content (AvgIpc) is 2.59. The molecular weight excluding hydrogens is 443 g/mol. The summed E-state index contributed by atoms with van der Waals surface area (Å²) in [7, 11) is -5.30. The Labute approximate surface area is 188 Å². The van der Waals surface area contributed by atoms with Crippen LogP contribution in [0.25, 0.3) is 0 Å². The number of piperazine rings is 1. The fraction of sp³-hybridized carbons (Fsp3) is 0.619. The average molecular weight is 475 g/mol. The summed E-state index contributed by atoms with van der Waals surface area (Å²) in [5, 5.41) is 0. The zero-order valence-corrected chi connectivity index (χ0v) is 20.3. The van der Waals surface area contributed by atoms with E-state index in [1.54, 1.807) is 59.4 Å². The van der Waals surface area contributed by atoms with Gasteiger partial charge >= 0.3 is 22.6 Å².